The lowest BCUT2D eigenvalue weighted by Gasteiger charge is -2.14. The van der Waals surface area contributed by atoms with E-state index < -0.39 is 11.7 Å². The molecule has 1 N–H and O–H groups in total. The van der Waals surface area contributed by atoms with Crippen LogP contribution in [-0.2, 0) is 17.5 Å². The van der Waals surface area contributed by atoms with Gasteiger partial charge in [-0.3, -0.25) is 0 Å². The van der Waals surface area contributed by atoms with E-state index in [2.05, 4.69) is 15.4 Å². The maximum Gasteiger partial charge on any atom is 0.418 e. The highest BCUT2D eigenvalue weighted by molar-refractivity contribution is 5.44. The monoisotopic (exact) mass is 300 g/mol. The van der Waals surface area contributed by atoms with Crippen LogP contribution in [0.15, 0.2) is 30.9 Å². The van der Waals surface area contributed by atoms with E-state index in [1.165, 1.54) is 18.7 Å². The fourth-order valence-electron chi connectivity index (χ4n) is 1.86. The van der Waals surface area contributed by atoms with Gasteiger partial charge in [0.05, 0.1) is 17.9 Å². The fourth-order valence-corrected chi connectivity index (χ4v) is 1.86. The Balaban J connectivity index is 2.24. The molecule has 0 bridgehead atoms. The smallest absolute Gasteiger partial charge is 0.383 e. The number of benzene rings is 1. The highest BCUT2D eigenvalue weighted by Gasteiger charge is 2.34. The largest absolute Gasteiger partial charge is 0.418 e. The Bertz CT molecular complexity index is 569. The van der Waals surface area contributed by atoms with Crippen LogP contribution in [0.2, 0.25) is 0 Å². The first-order valence-corrected chi connectivity index (χ1v) is 6.27. The summed E-state index contributed by atoms with van der Waals surface area (Å²) in [7, 11) is 1.57. The van der Waals surface area contributed by atoms with Crippen LogP contribution in [-0.4, -0.2) is 35.0 Å². The van der Waals surface area contributed by atoms with Crippen molar-refractivity contribution >= 4 is 0 Å². The molecule has 1 aromatic heterocycles. The van der Waals surface area contributed by atoms with Crippen molar-refractivity contribution in [2.45, 2.75) is 12.7 Å². The number of hydrogen-bond acceptors (Lipinski definition) is 4. The number of nitrogens with zero attached hydrogens (tertiary/aromatic N) is 3. The number of nitrogens with one attached hydrogen (secondary N) is 1. The third kappa shape index (κ3) is 4.02. The van der Waals surface area contributed by atoms with Gasteiger partial charge in [-0.05, 0) is 17.7 Å². The Kier molecular flexibility index (Phi) is 4.92. The molecule has 1 aromatic carbocycles. The Labute approximate surface area is 119 Å². The van der Waals surface area contributed by atoms with Gasteiger partial charge in [0.2, 0.25) is 0 Å². The van der Waals surface area contributed by atoms with Crippen LogP contribution in [0, 0.1) is 0 Å². The van der Waals surface area contributed by atoms with Gasteiger partial charge in [-0.15, -0.1) is 0 Å². The maximum atomic E-state index is 13.2. The second kappa shape index (κ2) is 6.68. The minimum atomic E-state index is -4.45. The summed E-state index contributed by atoms with van der Waals surface area (Å²) in [6, 6.07) is 4.15. The van der Waals surface area contributed by atoms with Crippen molar-refractivity contribution in [2.24, 2.45) is 0 Å². The summed E-state index contributed by atoms with van der Waals surface area (Å²) in [6.45, 7) is 1.41. The van der Waals surface area contributed by atoms with Gasteiger partial charge in [-0.1, -0.05) is 6.07 Å². The molecule has 1 heterocycles. The van der Waals surface area contributed by atoms with E-state index in [0.717, 1.165) is 10.7 Å². The molecule has 0 radical (unpaired) electrons. The number of alkyl halides is 3. The van der Waals surface area contributed by atoms with E-state index in [1.807, 2.05) is 0 Å². The molecule has 114 valence electrons. The molecule has 0 spiro atoms. The lowest BCUT2D eigenvalue weighted by molar-refractivity contribution is -0.137. The molecule has 0 unspecified atom stereocenters. The van der Waals surface area contributed by atoms with Crippen molar-refractivity contribution in [3.8, 4) is 5.69 Å². The Morgan fingerprint density at radius 1 is 1.33 bits per heavy atom. The fraction of sp³-hybridized carbons (Fsp3) is 0.385. The molecular formula is C13H15F3N4O. The lowest BCUT2D eigenvalue weighted by atomic mass is 10.1. The topological polar surface area (TPSA) is 52.0 Å². The molecule has 2 aromatic rings. The SMILES string of the molecule is COCCNCc1ccc(-n2cncn2)c(C(F)(F)F)c1. The second-order valence-electron chi connectivity index (χ2n) is 4.36. The number of hydrogen-bond donors (Lipinski definition) is 1. The van der Waals surface area contributed by atoms with Crippen LogP contribution in [0.3, 0.4) is 0 Å². The summed E-state index contributed by atoms with van der Waals surface area (Å²) in [5, 5.41) is 6.76. The minimum absolute atomic E-state index is 0.0411. The van der Waals surface area contributed by atoms with E-state index in [0.29, 0.717) is 25.3 Å². The third-order valence-electron chi connectivity index (χ3n) is 2.84. The first kappa shape index (κ1) is 15.5. The Morgan fingerprint density at radius 3 is 2.76 bits per heavy atom. The summed E-state index contributed by atoms with van der Waals surface area (Å²) < 4.78 is 45.5. The number of halogens is 3. The molecular weight excluding hydrogens is 285 g/mol. The van der Waals surface area contributed by atoms with Crippen LogP contribution in [0.5, 0.6) is 0 Å². The van der Waals surface area contributed by atoms with Crippen molar-refractivity contribution in [3.05, 3.63) is 42.0 Å². The van der Waals surface area contributed by atoms with Gasteiger partial charge in [-0.25, -0.2) is 9.67 Å². The summed E-state index contributed by atoms with van der Waals surface area (Å²) >= 11 is 0. The van der Waals surface area contributed by atoms with Crippen molar-refractivity contribution in [3.63, 3.8) is 0 Å². The normalized spacial score (nSPS) is 11.8. The van der Waals surface area contributed by atoms with Crippen LogP contribution >= 0.6 is 0 Å². The molecule has 0 atom stereocenters. The lowest BCUT2D eigenvalue weighted by Crippen LogP contribution is -2.19. The molecule has 0 fully saturated rings. The zero-order chi connectivity index (χ0) is 15.3. The highest BCUT2D eigenvalue weighted by atomic mass is 19.4. The molecule has 8 heteroatoms. The highest BCUT2D eigenvalue weighted by Crippen LogP contribution is 2.34. The second-order valence-corrected chi connectivity index (χ2v) is 4.36. The van der Waals surface area contributed by atoms with Crippen LogP contribution in [0.1, 0.15) is 11.1 Å². The van der Waals surface area contributed by atoms with Crippen molar-refractivity contribution in [1.82, 2.24) is 20.1 Å². The van der Waals surface area contributed by atoms with E-state index in [-0.39, 0.29) is 5.69 Å². The van der Waals surface area contributed by atoms with Gasteiger partial charge in [0.25, 0.3) is 0 Å². The molecule has 0 aliphatic rings. The quantitative estimate of drug-likeness (QED) is 0.829. The Hall–Kier alpha value is -1.93. The average molecular weight is 300 g/mol. The van der Waals surface area contributed by atoms with Crippen molar-refractivity contribution < 1.29 is 17.9 Å². The van der Waals surface area contributed by atoms with Crippen LogP contribution in [0.25, 0.3) is 5.69 Å². The summed E-state index contributed by atoms with van der Waals surface area (Å²) in [5.41, 5.74) is -0.234. The predicted molar refractivity (Wildman–Crippen MR) is 69.9 cm³/mol. The minimum Gasteiger partial charge on any atom is -0.383 e. The number of ether oxygens (including phenoxy) is 1. The number of rotatable bonds is 6. The third-order valence-corrected chi connectivity index (χ3v) is 2.84. The summed E-state index contributed by atoms with van der Waals surface area (Å²) in [4.78, 5) is 3.67. The first-order chi connectivity index (χ1) is 10.0. The molecule has 0 saturated heterocycles. The van der Waals surface area contributed by atoms with Gasteiger partial charge in [0, 0.05) is 20.2 Å². The maximum absolute atomic E-state index is 13.2. The van der Waals surface area contributed by atoms with E-state index in [4.69, 9.17) is 4.74 Å². The van der Waals surface area contributed by atoms with Crippen molar-refractivity contribution in [1.29, 1.82) is 0 Å². The van der Waals surface area contributed by atoms with Gasteiger partial charge < -0.3 is 10.1 Å². The average Bonchev–Trinajstić information content (AvgIpc) is 2.96. The zero-order valence-corrected chi connectivity index (χ0v) is 11.4. The van der Waals surface area contributed by atoms with Crippen molar-refractivity contribution in [2.75, 3.05) is 20.3 Å². The van der Waals surface area contributed by atoms with Gasteiger partial charge in [0.1, 0.15) is 12.7 Å². The molecule has 5 nitrogen and oxygen atoms in total. The molecule has 0 aliphatic carbocycles. The van der Waals surface area contributed by atoms with Gasteiger partial charge >= 0.3 is 6.18 Å². The van der Waals surface area contributed by atoms with Gasteiger partial charge in [0.15, 0.2) is 0 Å². The van der Waals surface area contributed by atoms with E-state index in [9.17, 15) is 13.2 Å². The first-order valence-electron chi connectivity index (χ1n) is 6.27. The number of aromatic nitrogens is 3. The molecule has 0 amide bonds. The van der Waals surface area contributed by atoms with E-state index >= 15 is 0 Å². The van der Waals surface area contributed by atoms with E-state index in [1.54, 1.807) is 13.2 Å². The molecule has 21 heavy (non-hydrogen) atoms. The zero-order valence-electron chi connectivity index (χ0n) is 11.4. The van der Waals surface area contributed by atoms with Gasteiger partial charge in [-0.2, -0.15) is 18.3 Å². The predicted octanol–water partition coefficient (Wildman–Crippen LogP) is 2.02. The Morgan fingerprint density at radius 2 is 2.14 bits per heavy atom. The number of methoxy groups -OCH3 is 1. The standard InChI is InChI=1S/C13H15F3N4O/c1-21-5-4-17-7-10-2-3-12(20-9-18-8-19-20)11(6-10)13(14,15)16/h2-3,6,8-9,17H,4-5,7H2,1H3. The molecule has 0 saturated carbocycles. The van der Waals surface area contributed by atoms with Crippen LogP contribution < -0.4 is 5.32 Å². The summed E-state index contributed by atoms with van der Waals surface area (Å²) in [5.74, 6) is 0. The molecule has 2 rings (SSSR count). The van der Waals surface area contributed by atoms with Crippen LogP contribution in [0.4, 0.5) is 13.2 Å². The molecule has 0 aliphatic heterocycles. The summed E-state index contributed by atoms with van der Waals surface area (Å²) in [6.07, 6.45) is -2.02.